The third-order valence-corrected chi connectivity index (χ3v) is 1.52. The lowest BCUT2D eigenvalue weighted by molar-refractivity contribution is -0.121. The molecule has 0 fully saturated rings. The highest BCUT2D eigenvalue weighted by atomic mass is 16.2. The van der Waals surface area contributed by atoms with Gasteiger partial charge < -0.3 is 10.2 Å². The van der Waals surface area contributed by atoms with Crippen molar-refractivity contribution in [3.05, 3.63) is 12.4 Å². The van der Waals surface area contributed by atoms with E-state index in [1.165, 1.54) is 25.0 Å². The molecule has 1 atom stereocenters. The summed E-state index contributed by atoms with van der Waals surface area (Å²) >= 11 is 0. The van der Waals surface area contributed by atoms with Crippen molar-refractivity contribution in [2.24, 2.45) is 15.7 Å². The molecule has 6 nitrogen and oxygen atoms in total. The molecule has 0 spiro atoms. The van der Waals surface area contributed by atoms with Crippen LogP contribution < -0.4 is 11.1 Å². The van der Waals surface area contributed by atoms with Crippen molar-refractivity contribution in [3.8, 4) is 0 Å². The van der Waals surface area contributed by atoms with Crippen molar-refractivity contribution >= 4 is 18.5 Å². The molecule has 1 amide bonds. The molecule has 0 aromatic rings. The van der Waals surface area contributed by atoms with Gasteiger partial charge in [-0.2, -0.15) is 0 Å². The molecule has 1 heterocycles. The Bertz CT molecular complexity index is 307. The van der Waals surface area contributed by atoms with E-state index in [0.29, 0.717) is 0 Å². The minimum Gasteiger partial charge on any atom is -0.369 e. The van der Waals surface area contributed by atoms with E-state index in [0.717, 1.165) is 0 Å². The summed E-state index contributed by atoms with van der Waals surface area (Å²) in [6.07, 6.45) is 5.73. The first-order valence-corrected chi connectivity index (χ1v) is 4.05. The summed E-state index contributed by atoms with van der Waals surface area (Å²) in [4.78, 5) is 20.6. The normalized spacial score (nSPS) is 25.1. The Morgan fingerprint density at radius 3 is 2.93 bits per heavy atom. The van der Waals surface area contributed by atoms with Gasteiger partial charge in [0.05, 0.1) is 12.6 Å². The number of rotatable bonds is 2. The van der Waals surface area contributed by atoms with E-state index in [-0.39, 0.29) is 0 Å². The van der Waals surface area contributed by atoms with Crippen LogP contribution in [0.3, 0.4) is 0 Å². The first-order valence-electron chi connectivity index (χ1n) is 4.05. The smallest absolute Gasteiger partial charge is 0.293 e. The summed E-state index contributed by atoms with van der Waals surface area (Å²) in [6, 6.07) is 0. The fourth-order valence-electron chi connectivity index (χ4n) is 0.808. The van der Waals surface area contributed by atoms with Gasteiger partial charge in [-0.15, -0.1) is 0 Å². The standard InChI is InChI=1S/C8H13N5O/c1-13(2)6-11-7(14)8(9)5-10-3-4-12-8/h3-6,12H,9H2,1-2H3/b11-6+. The number of amides is 1. The van der Waals surface area contributed by atoms with E-state index in [9.17, 15) is 4.79 Å². The number of nitrogens with one attached hydrogen (secondary N) is 1. The molecule has 1 rings (SSSR count). The number of carbonyl (C=O) groups is 1. The van der Waals surface area contributed by atoms with Crippen LogP contribution in [0.2, 0.25) is 0 Å². The molecule has 0 saturated heterocycles. The largest absolute Gasteiger partial charge is 0.369 e. The zero-order chi connectivity index (χ0) is 10.6. The third-order valence-electron chi connectivity index (χ3n) is 1.52. The number of nitrogens with zero attached hydrogens (tertiary/aromatic N) is 3. The van der Waals surface area contributed by atoms with Crippen LogP contribution in [0.4, 0.5) is 0 Å². The molecule has 3 N–H and O–H groups in total. The highest BCUT2D eigenvalue weighted by Crippen LogP contribution is 2.00. The summed E-state index contributed by atoms with van der Waals surface area (Å²) in [5.41, 5.74) is 4.38. The van der Waals surface area contributed by atoms with Crippen molar-refractivity contribution < 1.29 is 4.79 Å². The summed E-state index contributed by atoms with van der Waals surface area (Å²) < 4.78 is 0. The molecule has 1 aliphatic rings. The zero-order valence-corrected chi connectivity index (χ0v) is 8.14. The van der Waals surface area contributed by atoms with Gasteiger partial charge in [-0.3, -0.25) is 15.5 Å². The van der Waals surface area contributed by atoms with Crippen LogP contribution >= 0.6 is 0 Å². The fraction of sp³-hybridized carbons (Fsp3) is 0.375. The molecule has 0 aromatic carbocycles. The molecule has 0 saturated carbocycles. The zero-order valence-electron chi connectivity index (χ0n) is 8.14. The number of aliphatic imine (C=N–C) groups is 2. The predicted octanol–water partition coefficient (Wildman–Crippen LogP) is -1.10. The van der Waals surface area contributed by atoms with Gasteiger partial charge in [0.15, 0.2) is 0 Å². The van der Waals surface area contributed by atoms with Crippen molar-refractivity contribution in [1.29, 1.82) is 0 Å². The monoisotopic (exact) mass is 195 g/mol. The molecule has 0 aliphatic carbocycles. The van der Waals surface area contributed by atoms with Gasteiger partial charge in [0.25, 0.3) is 5.91 Å². The van der Waals surface area contributed by atoms with Crippen LogP contribution in [0.15, 0.2) is 22.4 Å². The van der Waals surface area contributed by atoms with E-state index in [1.807, 2.05) is 0 Å². The average Bonchev–Trinajstić information content (AvgIpc) is 2.15. The van der Waals surface area contributed by atoms with E-state index < -0.39 is 11.6 Å². The molecule has 0 aromatic heterocycles. The highest BCUT2D eigenvalue weighted by molar-refractivity contribution is 6.05. The van der Waals surface area contributed by atoms with Crippen LogP contribution in [0.1, 0.15) is 0 Å². The lowest BCUT2D eigenvalue weighted by atomic mass is 10.2. The topological polar surface area (TPSA) is 83.1 Å². The summed E-state index contributed by atoms with van der Waals surface area (Å²) in [7, 11) is 3.53. The second-order valence-corrected chi connectivity index (χ2v) is 3.12. The Labute approximate surface area is 82.2 Å². The van der Waals surface area contributed by atoms with Gasteiger partial charge >= 0.3 is 0 Å². The second-order valence-electron chi connectivity index (χ2n) is 3.12. The van der Waals surface area contributed by atoms with Crippen molar-refractivity contribution in [1.82, 2.24) is 10.2 Å². The number of hydrogen-bond donors (Lipinski definition) is 2. The molecular formula is C8H13N5O. The van der Waals surface area contributed by atoms with Gasteiger partial charge in [-0.25, -0.2) is 4.99 Å². The fourth-order valence-corrected chi connectivity index (χ4v) is 0.808. The SMILES string of the molecule is CN(C)/C=N/C(=O)C1(N)C=NC=CN1. The maximum absolute atomic E-state index is 11.5. The quantitative estimate of drug-likeness (QED) is 0.433. The highest BCUT2D eigenvalue weighted by Gasteiger charge is 2.31. The molecule has 1 aliphatic heterocycles. The Morgan fingerprint density at radius 2 is 2.43 bits per heavy atom. The van der Waals surface area contributed by atoms with E-state index in [4.69, 9.17) is 5.73 Å². The lowest BCUT2D eigenvalue weighted by Crippen LogP contribution is -2.59. The molecular weight excluding hydrogens is 182 g/mol. The molecule has 0 radical (unpaired) electrons. The summed E-state index contributed by atoms with van der Waals surface area (Å²) in [5, 5.41) is 2.69. The number of hydrogen-bond acceptors (Lipinski definition) is 4. The lowest BCUT2D eigenvalue weighted by Gasteiger charge is -2.23. The molecule has 14 heavy (non-hydrogen) atoms. The predicted molar refractivity (Wildman–Crippen MR) is 54.9 cm³/mol. The minimum atomic E-state index is -1.32. The van der Waals surface area contributed by atoms with Crippen LogP contribution in [0.5, 0.6) is 0 Å². The van der Waals surface area contributed by atoms with Gasteiger partial charge in [-0.1, -0.05) is 0 Å². The van der Waals surface area contributed by atoms with Crippen molar-refractivity contribution in [2.75, 3.05) is 14.1 Å². The maximum Gasteiger partial charge on any atom is 0.293 e. The Balaban J connectivity index is 2.69. The summed E-state index contributed by atoms with van der Waals surface area (Å²) in [6.45, 7) is 0. The van der Waals surface area contributed by atoms with E-state index in [1.54, 1.807) is 19.0 Å². The van der Waals surface area contributed by atoms with Crippen molar-refractivity contribution in [2.45, 2.75) is 5.66 Å². The number of nitrogens with two attached hydrogens (primary N) is 1. The minimum absolute atomic E-state index is 0.487. The van der Waals surface area contributed by atoms with E-state index >= 15 is 0 Å². The number of carbonyl (C=O) groups excluding carboxylic acids is 1. The van der Waals surface area contributed by atoms with Gasteiger partial charge in [0, 0.05) is 26.5 Å². The van der Waals surface area contributed by atoms with Gasteiger partial charge in [-0.05, 0) is 0 Å². The van der Waals surface area contributed by atoms with Crippen LogP contribution in [-0.2, 0) is 4.79 Å². The third kappa shape index (κ3) is 2.40. The van der Waals surface area contributed by atoms with Crippen LogP contribution in [-0.4, -0.2) is 43.1 Å². The molecule has 0 bridgehead atoms. The van der Waals surface area contributed by atoms with Gasteiger partial charge in [0.1, 0.15) is 0 Å². The Kier molecular flexibility index (Phi) is 2.98. The van der Waals surface area contributed by atoms with Crippen LogP contribution in [0.25, 0.3) is 0 Å². The Hall–Kier alpha value is -1.69. The molecule has 76 valence electrons. The van der Waals surface area contributed by atoms with E-state index in [2.05, 4.69) is 15.3 Å². The average molecular weight is 195 g/mol. The molecule has 6 heteroatoms. The first kappa shape index (κ1) is 10.4. The molecule has 1 unspecified atom stereocenters. The first-order chi connectivity index (χ1) is 6.54. The van der Waals surface area contributed by atoms with Crippen LogP contribution in [0, 0.1) is 0 Å². The second kappa shape index (κ2) is 4.01. The Morgan fingerprint density at radius 1 is 1.71 bits per heavy atom. The van der Waals surface area contributed by atoms with Gasteiger partial charge in [0.2, 0.25) is 5.66 Å². The summed E-state index contributed by atoms with van der Waals surface area (Å²) in [5.74, 6) is -0.487. The van der Waals surface area contributed by atoms with Crippen molar-refractivity contribution in [3.63, 3.8) is 0 Å². The maximum atomic E-state index is 11.5.